The summed E-state index contributed by atoms with van der Waals surface area (Å²) in [4.78, 5) is 21.1. The van der Waals surface area contributed by atoms with Crippen molar-refractivity contribution in [3.8, 4) is 5.75 Å². The minimum Gasteiger partial charge on any atom is -0.497 e. The van der Waals surface area contributed by atoms with Gasteiger partial charge in [0.1, 0.15) is 17.3 Å². The van der Waals surface area contributed by atoms with E-state index in [0.717, 1.165) is 18.6 Å². The molecule has 3 heteroatoms. The van der Waals surface area contributed by atoms with E-state index in [0.29, 0.717) is 12.8 Å². The molecule has 122 valence electrons. The van der Waals surface area contributed by atoms with Gasteiger partial charge in [0.25, 0.3) is 0 Å². The van der Waals surface area contributed by atoms with Gasteiger partial charge in [0.15, 0.2) is 0 Å². The van der Waals surface area contributed by atoms with Crippen molar-refractivity contribution < 1.29 is 14.3 Å². The van der Waals surface area contributed by atoms with E-state index in [1.807, 2.05) is 38.1 Å². The van der Waals surface area contributed by atoms with Crippen LogP contribution < -0.4 is 4.74 Å². The molecule has 0 heterocycles. The fourth-order valence-corrected chi connectivity index (χ4v) is 1.68. The molecular formula is C19H28O3. The molecule has 0 saturated carbocycles. The molecule has 22 heavy (non-hydrogen) atoms. The van der Waals surface area contributed by atoms with Crippen LogP contribution in [0.15, 0.2) is 35.9 Å². The van der Waals surface area contributed by atoms with E-state index in [2.05, 4.69) is 6.08 Å². The first-order valence-electron chi connectivity index (χ1n) is 7.60. The molecule has 0 atom stereocenters. The van der Waals surface area contributed by atoms with Gasteiger partial charge >= 0.3 is 0 Å². The zero-order valence-electron chi connectivity index (χ0n) is 14.4. The Morgan fingerprint density at radius 2 is 1.50 bits per heavy atom. The molecule has 0 radical (unpaired) electrons. The SMILES string of the molecule is CC(=O)CCC=C(C)C.COc1ccc(CCC(C)=O)cc1. The Kier molecular flexibility index (Phi) is 10.7. The molecule has 1 aromatic carbocycles. The number of ether oxygens (including phenoxy) is 1. The highest BCUT2D eigenvalue weighted by Gasteiger charge is 1.96. The molecule has 0 aromatic heterocycles. The summed E-state index contributed by atoms with van der Waals surface area (Å²) in [7, 11) is 1.64. The van der Waals surface area contributed by atoms with Gasteiger partial charge in [0.05, 0.1) is 7.11 Å². The monoisotopic (exact) mass is 304 g/mol. The number of ketones is 2. The predicted molar refractivity (Wildman–Crippen MR) is 91.3 cm³/mol. The highest BCUT2D eigenvalue weighted by Crippen LogP contribution is 2.12. The Balaban J connectivity index is 0.000000433. The molecule has 0 aliphatic rings. The van der Waals surface area contributed by atoms with Gasteiger partial charge in [-0.15, -0.1) is 0 Å². The fourth-order valence-electron chi connectivity index (χ4n) is 1.68. The van der Waals surface area contributed by atoms with Gasteiger partial charge in [-0.3, -0.25) is 0 Å². The van der Waals surface area contributed by atoms with E-state index in [1.54, 1.807) is 21.0 Å². The van der Waals surface area contributed by atoms with Crippen molar-refractivity contribution in [1.29, 1.82) is 0 Å². The van der Waals surface area contributed by atoms with Crippen LogP contribution in [0.25, 0.3) is 0 Å². The molecule has 0 bridgehead atoms. The lowest BCUT2D eigenvalue weighted by Crippen LogP contribution is -1.93. The molecule has 0 spiro atoms. The second-order valence-corrected chi connectivity index (χ2v) is 5.57. The number of methoxy groups -OCH3 is 1. The van der Waals surface area contributed by atoms with Gasteiger partial charge < -0.3 is 14.3 Å². The van der Waals surface area contributed by atoms with Crippen molar-refractivity contribution in [3.63, 3.8) is 0 Å². The van der Waals surface area contributed by atoms with Crippen molar-refractivity contribution >= 4 is 11.6 Å². The Morgan fingerprint density at radius 1 is 0.955 bits per heavy atom. The Hall–Kier alpha value is -1.90. The Labute approximate surface area is 134 Å². The maximum absolute atomic E-state index is 10.7. The first-order chi connectivity index (χ1) is 10.3. The molecule has 1 aromatic rings. The number of hydrogen-bond acceptors (Lipinski definition) is 3. The number of Topliss-reactive ketones (excluding diaryl/α,β-unsaturated/α-hetero) is 2. The van der Waals surface area contributed by atoms with Crippen molar-refractivity contribution in [1.82, 2.24) is 0 Å². The van der Waals surface area contributed by atoms with Crippen LogP contribution in [0.2, 0.25) is 0 Å². The largest absolute Gasteiger partial charge is 0.497 e. The number of carbonyl (C=O) groups is 2. The molecule has 0 saturated heterocycles. The molecule has 0 aliphatic carbocycles. The molecule has 0 amide bonds. The van der Waals surface area contributed by atoms with Crippen LogP contribution in [0.3, 0.4) is 0 Å². The van der Waals surface area contributed by atoms with Crippen LogP contribution in [0.5, 0.6) is 5.75 Å². The van der Waals surface area contributed by atoms with Crippen LogP contribution in [-0.2, 0) is 16.0 Å². The number of aryl methyl sites for hydroxylation is 1. The van der Waals surface area contributed by atoms with Gasteiger partial charge in [-0.25, -0.2) is 0 Å². The Bertz CT molecular complexity index is 480. The highest BCUT2D eigenvalue weighted by molar-refractivity contribution is 5.75. The third-order valence-corrected chi connectivity index (χ3v) is 2.97. The second-order valence-electron chi connectivity index (χ2n) is 5.57. The zero-order valence-corrected chi connectivity index (χ0v) is 14.4. The fraction of sp³-hybridized carbons (Fsp3) is 0.474. The first-order valence-corrected chi connectivity index (χ1v) is 7.60. The highest BCUT2D eigenvalue weighted by atomic mass is 16.5. The molecule has 0 N–H and O–H groups in total. The first kappa shape index (κ1) is 20.1. The van der Waals surface area contributed by atoms with Crippen LogP contribution in [0, 0.1) is 0 Å². The summed E-state index contributed by atoms with van der Waals surface area (Å²) in [5, 5.41) is 0. The second kappa shape index (κ2) is 11.7. The van der Waals surface area contributed by atoms with E-state index in [1.165, 1.54) is 11.1 Å². The topological polar surface area (TPSA) is 43.4 Å². The lowest BCUT2D eigenvalue weighted by atomic mass is 10.1. The lowest BCUT2D eigenvalue weighted by molar-refractivity contribution is -0.117. The third kappa shape index (κ3) is 11.9. The van der Waals surface area contributed by atoms with Gasteiger partial charge in [-0.1, -0.05) is 23.8 Å². The minimum absolute atomic E-state index is 0.232. The van der Waals surface area contributed by atoms with Crippen molar-refractivity contribution in [3.05, 3.63) is 41.5 Å². The summed E-state index contributed by atoms with van der Waals surface area (Å²) in [6, 6.07) is 7.80. The number of hydrogen-bond donors (Lipinski definition) is 0. The van der Waals surface area contributed by atoms with Gasteiger partial charge in [-0.2, -0.15) is 0 Å². The van der Waals surface area contributed by atoms with E-state index >= 15 is 0 Å². The summed E-state index contributed by atoms with van der Waals surface area (Å²) in [6.45, 7) is 7.32. The summed E-state index contributed by atoms with van der Waals surface area (Å²) >= 11 is 0. The maximum Gasteiger partial charge on any atom is 0.130 e. The molecule has 1 rings (SSSR count). The van der Waals surface area contributed by atoms with Crippen LogP contribution in [0.1, 0.15) is 52.5 Å². The van der Waals surface area contributed by atoms with Gasteiger partial charge in [-0.05, 0) is 58.2 Å². The molecule has 0 unspecified atom stereocenters. The van der Waals surface area contributed by atoms with Crippen molar-refractivity contribution in [2.45, 2.75) is 53.4 Å². The number of benzene rings is 1. The van der Waals surface area contributed by atoms with Crippen LogP contribution >= 0.6 is 0 Å². The molecular weight excluding hydrogens is 276 g/mol. The minimum atomic E-state index is 0.232. The standard InChI is InChI=1S/C11H14O2.C8H14O/c1-9(12)3-4-10-5-7-11(13-2)8-6-10;1-7(2)5-4-6-8(3)9/h5-8H,3-4H2,1-2H3;5H,4,6H2,1-3H3. The molecule has 0 aliphatic heterocycles. The lowest BCUT2D eigenvalue weighted by Gasteiger charge is -2.01. The number of allylic oxidation sites excluding steroid dienone is 2. The predicted octanol–water partition coefficient (Wildman–Crippen LogP) is 4.54. The van der Waals surface area contributed by atoms with E-state index in [4.69, 9.17) is 4.74 Å². The maximum atomic E-state index is 10.7. The van der Waals surface area contributed by atoms with Crippen molar-refractivity contribution in [2.24, 2.45) is 0 Å². The van der Waals surface area contributed by atoms with Crippen LogP contribution in [-0.4, -0.2) is 18.7 Å². The normalized spacial score (nSPS) is 9.32. The summed E-state index contributed by atoms with van der Waals surface area (Å²) in [5.74, 6) is 1.36. The Morgan fingerprint density at radius 3 is 1.91 bits per heavy atom. The van der Waals surface area contributed by atoms with Gasteiger partial charge in [0.2, 0.25) is 0 Å². The van der Waals surface area contributed by atoms with Crippen molar-refractivity contribution in [2.75, 3.05) is 7.11 Å². The van der Waals surface area contributed by atoms with E-state index < -0.39 is 0 Å². The van der Waals surface area contributed by atoms with Crippen LogP contribution in [0.4, 0.5) is 0 Å². The third-order valence-electron chi connectivity index (χ3n) is 2.97. The molecule has 3 nitrogen and oxygen atoms in total. The summed E-state index contributed by atoms with van der Waals surface area (Å²) in [5.41, 5.74) is 2.47. The average Bonchev–Trinajstić information content (AvgIpc) is 2.45. The number of carbonyl (C=O) groups excluding carboxylic acids is 2. The van der Waals surface area contributed by atoms with Gasteiger partial charge in [0, 0.05) is 12.8 Å². The molecule has 0 fully saturated rings. The smallest absolute Gasteiger partial charge is 0.130 e. The zero-order chi connectivity index (χ0) is 17.0. The summed E-state index contributed by atoms with van der Waals surface area (Å²) < 4.78 is 5.03. The quantitative estimate of drug-likeness (QED) is 0.695. The average molecular weight is 304 g/mol. The summed E-state index contributed by atoms with van der Waals surface area (Å²) in [6.07, 6.45) is 5.11. The van der Waals surface area contributed by atoms with E-state index in [9.17, 15) is 9.59 Å². The number of rotatable bonds is 7. The van der Waals surface area contributed by atoms with E-state index in [-0.39, 0.29) is 11.6 Å².